The maximum atomic E-state index is 12.1. The fourth-order valence-corrected chi connectivity index (χ4v) is 2.63. The van der Waals surface area contributed by atoms with Crippen LogP contribution in [0.2, 0.25) is 0 Å². The van der Waals surface area contributed by atoms with Gasteiger partial charge in [0.15, 0.2) is 0 Å². The van der Waals surface area contributed by atoms with Gasteiger partial charge in [-0.15, -0.1) is 0 Å². The number of nitrogens with zero attached hydrogens (tertiary/aromatic N) is 2. The molecule has 1 aromatic heterocycles. The SMILES string of the molecule is CCNCCn1cc(S(=O)(=O)NCC(C)C(C)C)cn1. The van der Waals surface area contributed by atoms with Gasteiger partial charge < -0.3 is 5.32 Å². The molecule has 0 aromatic carbocycles. The standard InChI is InChI=1S/C13H26N4O2S/c1-5-14-6-7-17-10-13(9-15-17)20(18,19)16-8-12(4)11(2)3/h9-12,14,16H,5-8H2,1-4H3. The number of hydrogen-bond acceptors (Lipinski definition) is 4. The second kappa shape index (κ2) is 7.75. The summed E-state index contributed by atoms with van der Waals surface area (Å²) in [6, 6.07) is 0. The molecule has 6 nitrogen and oxygen atoms in total. The van der Waals surface area contributed by atoms with E-state index in [-0.39, 0.29) is 4.90 Å². The average molecular weight is 302 g/mol. The first-order valence-corrected chi connectivity index (χ1v) is 8.58. The molecule has 0 fully saturated rings. The molecule has 0 aliphatic carbocycles. The van der Waals surface area contributed by atoms with Crippen LogP contribution in [0.4, 0.5) is 0 Å². The van der Waals surface area contributed by atoms with Crippen molar-refractivity contribution in [3.63, 3.8) is 0 Å². The van der Waals surface area contributed by atoms with E-state index in [1.165, 1.54) is 6.20 Å². The Morgan fingerprint density at radius 2 is 2.05 bits per heavy atom. The molecule has 0 saturated heterocycles. The third-order valence-electron chi connectivity index (χ3n) is 3.42. The van der Waals surface area contributed by atoms with Gasteiger partial charge in [0.2, 0.25) is 10.0 Å². The van der Waals surface area contributed by atoms with E-state index in [0.717, 1.165) is 13.1 Å². The second-order valence-electron chi connectivity index (χ2n) is 5.37. The Morgan fingerprint density at radius 1 is 1.35 bits per heavy atom. The first-order chi connectivity index (χ1) is 9.36. The molecule has 0 amide bonds. The molecular formula is C13H26N4O2S. The Labute approximate surface area is 122 Å². The molecule has 1 atom stereocenters. The Bertz CT molecular complexity index is 496. The molecule has 2 N–H and O–H groups in total. The van der Waals surface area contributed by atoms with Gasteiger partial charge >= 0.3 is 0 Å². The molecule has 0 saturated carbocycles. The normalized spacial score (nSPS) is 13.8. The van der Waals surface area contributed by atoms with Crippen LogP contribution in [0.1, 0.15) is 27.7 Å². The highest BCUT2D eigenvalue weighted by Crippen LogP contribution is 2.11. The summed E-state index contributed by atoms with van der Waals surface area (Å²) in [6.45, 7) is 11.0. The summed E-state index contributed by atoms with van der Waals surface area (Å²) in [6.07, 6.45) is 2.97. The fraction of sp³-hybridized carbons (Fsp3) is 0.769. The Balaban J connectivity index is 2.59. The molecule has 0 spiro atoms. The quantitative estimate of drug-likeness (QED) is 0.669. The number of rotatable bonds is 9. The van der Waals surface area contributed by atoms with Gasteiger partial charge in [-0.25, -0.2) is 13.1 Å². The molecule has 0 bridgehead atoms. The molecule has 1 heterocycles. The zero-order valence-corrected chi connectivity index (χ0v) is 13.6. The smallest absolute Gasteiger partial charge is 0.243 e. The van der Waals surface area contributed by atoms with E-state index in [4.69, 9.17) is 0 Å². The fourth-order valence-electron chi connectivity index (χ4n) is 1.54. The third-order valence-corrected chi connectivity index (χ3v) is 4.80. The van der Waals surface area contributed by atoms with Crippen molar-refractivity contribution in [1.82, 2.24) is 19.8 Å². The summed E-state index contributed by atoms with van der Waals surface area (Å²) in [5.41, 5.74) is 0. The molecule has 1 rings (SSSR count). The first kappa shape index (κ1) is 17.1. The number of hydrogen-bond donors (Lipinski definition) is 2. The molecule has 1 unspecified atom stereocenters. The summed E-state index contributed by atoms with van der Waals surface area (Å²) in [7, 11) is -3.45. The highest BCUT2D eigenvalue weighted by Gasteiger charge is 2.18. The van der Waals surface area contributed by atoms with E-state index in [1.54, 1.807) is 10.9 Å². The van der Waals surface area contributed by atoms with E-state index in [9.17, 15) is 8.42 Å². The van der Waals surface area contributed by atoms with Crippen LogP contribution in [0.3, 0.4) is 0 Å². The minimum absolute atomic E-state index is 0.227. The van der Waals surface area contributed by atoms with E-state index >= 15 is 0 Å². The maximum Gasteiger partial charge on any atom is 0.243 e. The average Bonchev–Trinajstić information content (AvgIpc) is 2.86. The van der Waals surface area contributed by atoms with Crippen LogP contribution in [0.15, 0.2) is 17.3 Å². The molecule has 0 radical (unpaired) electrons. The molecule has 1 aromatic rings. The van der Waals surface area contributed by atoms with Crippen LogP contribution in [-0.2, 0) is 16.6 Å². The van der Waals surface area contributed by atoms with Gasteiger partial charge in [0, 0.05) is 19.3 Å². The van der Waals surface area contributed by atoms with E-state index in [1.807, 2.05) is 13.8 Å². The van der Waals surface area contributed by atoms with Gasteiger partial charge in [-0.3, -0.25) is 4.68 Å². The zero-order valence-electron chi connectivity index (χ0n) is 12.8. The summed E-state index contributed by atoms with van der Waals surface area (Å²) in [5.74, 6) is 0.745. The van der Waals surface area contributed by atoms with Gasteiger partial charge in [0.1, 0.15) is 4.90 Å². The second-order valence-corrected chi connectivity index (χ2v) is 7.13. The van der Waals surface area contributed by atoms with Crippen LogP contribution < -0.4 is 10.0 Å². The van der Waals surface area contributed by atoms with Crippen LogP contribution in [-0.4, -0.2) is 37.8 Å². The van der Waals surface area contributed by atoms with Gasteiger partial charge in [0.25, 0.3) is 0 Å². The molecular weight excluding hydrogens is 276 g/mol. The van der Waals surface area contributed by atoms with Crippen LogP contribution >= 0.6 is 0 Å². The predicted molar refractivity (Wildman–Crippen MR) is 80.0 cm³/mol. The number of aromatic nitrogens is 2. The van der Waals surface area contributed by atoms with Crippen LogP contribution in [0, 0.1) is 11.8 Å². The minimum atomic E-state index is -3.45. The lowest BCUT2D eigenvalue weighted by atomic mass is 9.99. The monoisotopic (exact) mass is 302 g/mol. The largest absolute Gasteiger partial charge is 0.315 e. The number of sulfonamides is 1. The molecule has 0 aliphatic heterocycles. The molecule has 0 aliphatic rings. The summed E-state index contributed by atoms with van der Waals surface area (Å²) in [5, 5.41) is 7.25. The zero-order chi connectivity index (χ0) is 15.2. The highest BCUT2D eigenvalue weighted by atomic mass is 32.2. The van der Waals surface area contributed by atoms with Gasteiger partial charge in [-0.2, -0.15) is 5.10 Å². The van der Waals surface area contributed by atoms with Crippen molar-refractivity contribution in [1.29, 1.82) is 0 Å². The lowest BCUT2D eigenvalue weighted by molar-refractivity contribution is 0.414. The third kappa shape index (κ3) is 5.22. The first-order valence-electron chi connectivity index (χ1n) is 7.09. The van der Waals surface area contributed by atoms with E-state index in [0.29, 0.717) is 24.9 Å². The Morgan fingerprint density at radius 3 is 2.65 bits per heavy atom. The lowest BCUT2D eigenvalue weighted by Crippen LogP contribution is -2.30. The predicted octanol–water partition coefficient (Wildman–Crippen LogP) is 1.06. The summed E-state index contributed by atoms with van der Waals surface area (Å²) >= 11 is 0. The van der Waals surface area contributed by atoms with Crippen molar-refractivity contribution in [2.45, 2.75) is 39.1 Å². The van der Waals surface area contributed by atoms with Crippen molar-refractivity contribution in [2.75, 3.05) is 19.6 Å². The van der Waals surface area contributed by atoms with Gasteiger partial charge in [-0.05, 0) is 18.4 Å². The Kier molecular flexibility index (Phi) is 6.64. The summed E-state index contributed by atoms with van der Waals surface area (Å²) in [4.78, 5) is 0.227. The molecule has 116 valence electrons. The number of likely N-dealkylation sites (N-methyl/N-ethyl adjacent to an activating group) is 1. The molecule has 7 heteroatoms. The summed E-state index contributed by atoms with van der Waals surface area (Å²) < 4.78 is 28.5. The van der Waals surface area contributed by atoms with Crippen molar-refractivity contribution < 1.29 is 8.42 Å². The lowest BCUT2D eigenvalue weighted by Gasteiger charge is -2.15. The van der Waals surface area contributed by atoms with Crippen molar-refractivity contribution in [3.05, 3.63) is 12.4 Å². The minimum Gasteiger partial charge on any atom is -0.315 e. The van der Waals surface area contributed by atoms with Gasteiger partial charge in [-0.1, -0.05) is 27.7 Å². The Hall–Kier alpha value is -0.920. The van der Waals surface area contributed by atoms with Crippen LogP contribution in [0.5, 0.6) is 0 Å². The van der Waals surface area contributed by atoms with Crippen LogP contribution in [0.25, 0.3) is 0 Å². The van der Waals surface area contributed by atoms with E-state index in [2.05, 4.69) is 29.0 Å². The van der Waals surface area contributed by atoms with Crippen molar-refractivity contribution in [2.24, 2.45) is 11.8 Å². The van der Waals surface area contributed by atoms with Gasteiger partial charge in [0.05, 0.1) is 12.7 Å². The molecule has 20 heavy (non-hydrogen) atoms. The maximum absolute atomic E-state index is 12.1. The number of nitrogens with one attached hydrogen (secondary N) is 2. The van der Waals surface area contributed by atoms with E-state index < -0.39 is 10.0 Å². The van der Waals surface area contributed by atoms with Crippen molar-refractivity contribution >= 4 is 10.0 Å². The topological polar surface area (TPSA) is 76.0 Å². The van der Waals surface area contributed by atoms with Crippen molar-refractivity contribution in [3.8, 4) is 0 Å². The highest BCUT2D eigenvalue weighted by molar-refractivity contribution is 7.89.